The Morgan fingerprint density at radius 1 is 1.33 bits per heavy atom. The van der Waals surface area contributed by atoms with E-state index in [1.807, 2.05) is 24.3 Å². The molecule has 2 N–H and O–H groups in total. The highest BCUT2D eigenvalue weighted by atomic mass is 16.5. The van der Waals surface area contributed by atoms with Crippen molar-refractivity contribution in [1.82, 2.24) is 4.98 Å². The Morgan fingerprint density at radius 2 is 2.10 bits per heavy atom. The van der Waals surface area contributed by atoms with Gasteiger partial charge in [0.05, 0.1) is 0 Å². The third-order valence-electron chi connectivity index (χ3n) is 3.86. The minimum absolute atomic E-state index is 0.0724. The molecule has 0 saturated carbocycles. The molecule has 0 radical (unpaired) electrons. The van der Waals surface area contributed by atoms with E-state index in [0.29, 0.717) is 11.7 Å². The number of hydrogen-bond donors (Lipinski definition) is 2. The van der Waals surface area contributed by atoms with Crippen molar-refractivity contribution in [2.45, 2.75) is 12.8 Å². The summed E-state index contributed by atoms with van der Waals surface area (Å²) in [6.07, 6.45) is 2.06. The fraction of sp³-hybridized carbons (Fsp3) is 0.375. The van der Waals surface area contributed by atoms with Gasteiger partial charge in [-0.05, 0) is 30.2 Å². The van der Waals surface area contributed by atoms with Crippen LogP contribution in [0.15, 0.2) is 30.3 Å². The second kappa shape index (κ2) is 6.10. The van der Waals surface area contributed by atoms with Crippen molar-refractivity contribution in [3.8, 4) is 0 Å². The molecule has 0 bridgehead atoms. The van der Waals surface area contributed by atoms with Crippen LogP contribution in [-0.4, -0.2) is 35.8 Å². The Kier molecular flexibility index (Phi) is 4.01. The van der Waals surface area contributed by atoms with E-state index in [9.17, 15) is 9.90 Å². The summed E-state index contributed by atoms with van der Waals surface area (Å²) in [5.74, 6) is 0.194. The van der Waals surface area contributed by atoms with Crippen molar-refractivity contribution in [3.63, 3.8) is 0 Å². The number of anilines is 1. The van der Waals surface area contributed by atoms with Crippen molar-refractivity contribution in [1.29, 1.82) is 0 Å². The average Bonchev–Trinajstić information content (AvgIpc) is 2.53. The van der Waals surface area contributed by atoms with Gasteiger partial charge >= 0.3 is 5.97 Å². The number of rotatable bonds is 4. The highest BCUT2D eigenvalue weighted by Crippen LogP contribution is 2.24. The van der Waals surface area contributed by atoms with Crippen LogP contribution in [0.1, 0.15) is 23.3 Å². The monoisotopic (exact) mass is 286 g/mol. The zero-order chi connectivity index (χ0) is 14.7. The molecule has 0 unspecified atom stereocenters. The van der Waals surface area contributed by atoms with Crippen LogP contribution in [0.5, 0.6) is 0 Å². The molecule has 0 spiro atoms. The molecule has 21 heavy (non-hydrogen) atoms. The molecule has 1 saturated heterocycles. The van der Waals surface area contributed by atoms with Crippen LogP contribution in [0.3, 0.4) is 0 Å². The summed E-state index contributed by atoms with van der Waals surface area (Å²) in [6.45, 7) is 2.40. The molecule has 2 aromatic rings. The number of pyridine rings is 1. The lowest BCUT2D eigenvalue weighted by Crippen LogP contribution is -2.23. The second-order valence-electron chi connectivity index (χ2n) is 5.32. The molecule has 1 fully saturated rings. The maximum atomic E-state index is 11.2. The van der Waals surface area contributed by atoms with Gasteiger partial charge in [-0.1, -0.05) is 24.3 Å². The van der Waals surface area contributed by atoms with Gasteiger partial charge in [0.15, 0.2) is 5.69 Å². The summed E-state index contributed by atoms with van der Waals surface area (Å²) in [5, 5.41) is 14.3. The van der Waals surface area contributed by atoms with E-state index in [4.69, 9.17) is 4.74 Å². The summed E-state index contributed by atoms with van der Waals surface area (Å²) in [7, 11) is 0. The molecular weight excluding hydrogens is 268 g/mol. The van der Waals surface area contributed by atoms with Gasteiger partial charge in [-0.3, -0.25) is 0 Å². The van der Waals surface area contributed by atoms with Gasteiger partial charge in [0.25, 0.3) is 0 Å². The average molecular weight is 286 g/mol. The molecule has 1 aromatic heterocycles. The Morgan fingerprint density at radius 3 is 2.86 bits per heavy atom. The molecule has 1 aliphatic heterocycles. The molecule has 2 heterocycles. The van der Waals surface area contributed by atoms with E-state index in [1.165, 1.54) is 0 Å². The van der Waals surface area contributed by atoms with Gasteiger partial charge in [-0.2, -0.15) is 0 Å². The van der Waals surface area contributed by atoms with E-state index in [2.05, 4.69) is 10.3 Å². The largest absolute Gasteiger partial charge is 0.477 e. The van der Waals surface area contributed by atoms with Gasteiger partial charge < -0.3 is 15.2 Å². The first-order chi connectivity index (χ1) is 10.2. The van der Waals surface area contributed by atoms with E-state index in [1.54, 1.807) is 6.07 Å². The number of aromatic nitrogens is 1. The zero-order valence-corrected chi connectivity index (χ0v) is 11.7. The molecular formula is C16H18N2O3. The van der Waals surface area contributed by atoms with E-state index < -0.39 is 5.97 Å². The Bertz CT molecular complexity index is 651. The summed E-state index contributed by atoms with van der Waals surface area (Å²) < 4.78 is 5.35. The SMILES string of the molecule is O=C(O)c1cc2ccccc2c(NCC2CCOCC2)n1. The van der Waals surface area contributed by atoms with Gasteiger partial charge in [0.2, 0.25) is 0 Å². The Balaban J connectivity index is 1.86. The van der Waals surface area contributed by atoms with Gasteiger partial charge in [0.1, 0.15) is 5.82 Å². The smallest absolute Gasteiger partial charge is 0.354 e. The van der Waals surface area contributed by atoms with Crippen molar-refractivity contribution in [2.24, 2.45) is 5.92 Å². The molecule has 1 aliphatic rings. The van der Waals surface area contributed by atoms with Crippen molar-refractivity contribution in [2.75, 3.05) is 25.1 Å². The number of carboxylic acid groups (broad SMARTS) is 1. The highest BCUT2D eigenvalue weighted by Gasteiger charge is 2.15. The molecule has 0 amide bonds. The number of hydrogen-bond acceptors (Lipinski definition) is 4. The van der Waals surface area contributed by atoms with Crippen molar-refractivity contribution < 1.29 is 14.6 Å². The maximum absolute atomic E-state index is 11.2. The Hall–Kier alpha value is -2.14. The number of aromatic carboxylic acids is 1. The number of fused-ring (bicyclic) bond motifs is 1. The van der Waals surface area contributed by atoms with Gasteiger partial charge in [-0.25, -0.2) is 9.78 Å². The van der Waals surface area contributed by atoms with Crippen LogP contribution >= 0.6 is 0 Å². The lowest BCUT2D eigenvalue weighted by molar-refractivity contribution is 0.0691. The number of carbonyl (C=O) groups is 1. The topological polar surface area (TPSA) is 71.5 Å². The van der Waals surface area contributed by atoms with Gasteiger partial charge in [-0.15, -0.1) is 0 Å². The fourth-order valence-corrected chi connectivity index (χ4v) is 2.63. The third kappa shape index (κ3) is 3.13. The predicted octanol–water partition coefficient (Wildman–Crippen LogP) is 2.77. The number of benzene rings is 1. The van der Waals surface area contributed by atoms with E-state index in [0.717, 1.165) is 43.4 Å². The first-order valence-corrected chi connectivity index (χ1v) is 7.19. The minimum atomic E-state index is -1.00. The van der Waals surface area contributed by atoms with Crippen LogP contribution in [0.4, 0.5) is 5.82 Å². The van der Waals surface area contributed by atoms with Crippen LogP contribution in [0, 0.1) is 5.92 Å². The number of ether oxygens (including phenoxy) is 1. The van der Waals surface area contributed by atoms with E-state index in [-0.39, 0.29) is 5.69 Å². The van der Waals surface area contributed by atoms with Gasteiger partial charge in [0, 0.05) is 25.1 Å². The standard InChI is InChI=1S/C16H18N2O3/c19-16(20)14-9-12-3-1-2-4-13(12)15(18-14)17-10-11-5-7-21-8-6-11/h1-4,9,11H,5-8,10H2,(H,17,18)(H,19,20). The van der Waals surface area contributed by atoms with Crippen molar-refractivity contribution in [3.05, 3.63) is 36.0 Å². The maximum Gasteiger partial charge on any atom is 0.354 e. The molecule has 0 atom stereocenters. The van der Waals surface area contributed by atoms with Crippen LogP contribution < -0.4 is 5.32 Å². The molecule has 1 aromatic carbocycles. The van der Waals surface area contributed by atoms with E-state index >= 15 is 0 Å². The zero-order valence-electron chi connectivity index (χ0n) is 11.7. The second-order valence-corrected chi connectivity index (χ2v) is 5.32. The number of carboxylic acids is 1. The van der Waals surface area contributed by atoms with Crippen LogP contribution in [0.2, 0.25) is 0 Å². The Labute approximate surface area is 123 Å². The summed E-state index contributed by atoms with van der Waals surface area (Å²) in [5.41, 5.74) is 0.0724. The highest BCUT2D eigenvalue weighted by molar-refractivity contribution is 5.97. The van der Waals surface area contributed by atoms with Crippen LogP contribution in [0.25, 0.3) is 10.8 Å². The predicted molar refractivity (Wildman–Crippen MR) is 80.7 cm³/mol. The summed E-state index contributed by atoms with van der Waals surface area (Å²) >= 11 is 0. The molecule has 3 rings (SSSR count). The molecule has 5 heteroatoms. The minimum Gasteiger partial charge on any atom is -0.477 e. The molecule has 0 aliphatic carbocycles. The number of nitrogens with one attached hydrogen (secondary N) is 1. The lowest BCUT2D eigenvalue weighted by Gasteiger charge is -2.22. The third-order valence-corrected chi connectivity index (χ3v) is 3.86. The normalized spacial score (nSPS) is 16.0. The molecule has 5 nitrogen and oxygen atoms in total. The van der Waals surface area contributed by atoms with Crippen molar-refractivity contribution >= 4 is 22.6 Å². The quantitative estimate of drug-likeness (QED) is 0.904. The summed E-state index contributed by atoms with van der Waals surface area (Å²) in [6, 6.07) is 9.31. The number of nitrogens with zero attached hydrogens (tertiary/aromatic N) is 1. The summed E-state index contributed by atoms with van der Waals surface area (Å²) in [4.78, 5) is 15.4. The molecule has 110 valence electrons. The first-order valence-electron chi connectivity index (χ1n) is 7.19. The first kappa shape index (κ1) is 13.8. The van der Waals surface area contributed by atoms with Crippen LogP contribution in [-0.2, 0) is 4.74 Å². The lowest BCUT2D eigenvalue weighted by atomic mass is 10.0. The fourth-order valence-electron chi connectivity index (χ4n) is 2.63.